The van der Waals surface area contributed by atoms with Crippen molar-refractivity contribution >= 4 is 5.96 Å². The summed E-state index contributed by atoms with van der Waals surface area (Å²) >= 11 is 0. The second-order valence-corrected chi connectivity index (χ2v) is 7.55. The number of aryl methyl sites for hydroxylation is 1. The molecule has 1 saturated heterocycles. The number of hydrogen-bond donors (Lipinski definition) is 2. The summed E-state index contributed by atoms with van der Waals surface area (Å²) in [6, 6.07) is 10.2. The minimum Gasteiger partial charge on any atom is -0.489 e. The molecular formula is C20H32N4O. The quantitative estimate of drug-likeness (QED) is 0.615. The average Bonchev–Trinajstić information content (AvgIpc) is 3.35. The van der Waals surface area contributed by atoms with Gasteiger partial charge in [0, 0.05) is 31.7 Å². The Labute approximate surface area is 151 Å². The lowest BCUT2D eigenvalue weighted by atomic mass is 10.2. The van der Waals surface area contributed by atoms with Gasteiger partial charge in [-0.25, -0.2) is 0 Å². The van der Waals surface area contributed by atoms with E-state index < -0.39 is 0 Å². The minimum absolute atomic E-state index is 0.0748. The smallest absolute Gasteiger partial charge is 0.191 e. The van der Waals surface area contributed by atoms with E-state index >= 15 is 0 Å². The van der Waals surface area contributed by atoms with Crippen molar-refractivity contribution in [1.29, 1.82) is 0 Å². The lowest BCUT2D eigenvalue weighted by molar-refractivity contribution is 0.223. The van der Waals surface area contributed by atoms with Crippen LogP contribution in [-0.4, -0.2) is 55.2 Å². The van der Waals surface area contributed by atoms with Crippen molar-refractivity contribution in [3.8, 4) is 5.75 Å². The Morgan fingerprint density at radius 2 is 2.20 bits per heavy atom. The monoisotopic (exact) mass is 344 g/mol. The molecule has 1 aromatic carbocycles. The molecular weight excluding hydrogens is 312 g/mol. The van der Waals surface area contributed by atoms with Crippen molar-refractivity contribution in [2.45, 2.75) is 64.3 Å². The van der Waals surface area contributed by atoms with Gasteiger partial charge in [-0.05, 0) is 57.7 Å². The van der Waals surface area contributed by atoms with Crippen LogP contribution in [0.1, 0.15) is 38.7 Å². The van der Waals surface area contributed by atoms with E-state index in [4.69, 9.17) is 4.74 Å². The predicted molar refractivity (Wildman–Crippen MR) is 103 cm³/mol. The largest absolute Gasteiger partial charge is 0.489 e. The molecule has 1 aliphatic carbocycles. The van der Waals surface area contributed by atoms with Gasteiger partial charge in [0.05, 0.1) is 6.54 Å². The third-order valence-electron chi connectivity index (χ3n) is 5.09. The topological polar surface area (TPSA) is 48.9 Å². The number of aliphatic imine (C=N–C) groups is 1. The number of nitrogens with one attached hydrogen (secondary N) is 2. The zero-order valence-electron chi connectivity index (χ0n) is 16.0. The second kappa shape index (κ2) is 8.09. The summed E-state index contributed by atoms with van der Waals surface area (Å²) < 4.78 is 5.98. The predicted octanol–water partition coefficient (Wildman–Crippen LogP) is 2.55. The van der Waals surface area contributed by atoms with E-state index in [0.717, 1.165) is 30.8 Å². The summed E-state index contributed by atoms with van der Waals surface area (Å²) in [5.41, 5.74) is 1.21. The van der Waals surface area contributed by atoms with Gasteiger partial charge in [-0.15, -0.1) is 0 Å². The number of guanidine groups is 1. The van der Waals surface area contributed by atoms with Gasteiger partial charge in [-0.3, -0.25) is 9.89 Å². The van der Waals surface area contributed by atoms with E-state index in [2.05, 4.69) is 53.4 Å². The molecule has 5 heteroatoms. The third kappa shape index (κ3) is 5.11. The molecule has 3 atom stereocenters. The molecule has 0 radical (unpaired) electrons. The van der Waals surface area contributed by atoms with Gasteiger partial charge in [0.15, 0.2) is 5.96 Å². The summed E-state index contributed by atoms with van der Waals surface area (Å²) in [6.45, 7) is 8.35. The molecule has 2 N–H and O–H groups in total. The van der Waals surface area contributed by atoms with Gasteiger partial charge < -0.3 is 15.4 Å². The zero-order valence-corrected chi connectivity index (χ0v) is 16.0. The Bertz CT molecular complexity index is 599. The van der Waals surface area contributed by atoms with Crippen LogP contribution in [0.5, 0.6) is 5.75 Å². The van der Waals surface area contributed by atoms with Crippen LogP contribution in [0.15, 0.2) is 29.3 Å². The van der Waals surface area contributed by atoms with Crippen LogP contribution in [0.4, 0.5) is 0 Å². The second-order valence-electron chi connectivity index (χ2n) is 7.55. The van der Waals surface area contributed by atoms with Crippen LogP contribution in [0.3, 0.4) is 0 Å². The number of likely N-dealkylation sites (tertiary alicyclic amines) is 1. The van der Waals surface area contributed by atoms with E-state index in [1.807, 2.05) is 19.2 Å². The number of benzene rings is 1. The van der Waals surface area contributed by atoms with Crippen molar-refractivity contribution in [2.24, 2.45) is 4.99 Å². The van der Waals surface area contributed by atoms with Gasteiger partial charge in [-0.1, -0.05) is 12.1 Å². The maximum atomic E-state index is 5.98. The SMILES string of the molecule is CN=C(NCC(C)Oc1cccc(C)c1)NC1CC(C)N(C2CC2)C1. The lowest BCUT2D eigenvalue weighted by Crippen LogP contribution is -2.47. The minimum atomic E-state index is 0.0748. The molecule has 2 aliphatic rings. The summed E-state index contributed by atoms with van der Waals surface area (Å²) in [7, 11) is 1.83. The molecule has 3 unspecified atom stereocenters. The zero-order chi connectivity index (χ0) is 17.8. The molecule has 1 aliphatic heterocycles. The Kier molecular flexibility index (Phi) is 5.84. The van der Waals surface area contributed by atoms with Crippen LogP contribution in [0.25, 0.3) is 0 Å². The van der Waals surface area contributed by atoms with Crippen LogP contribution < -0.4 is 15.4 Å². The average molecular weight is 345 g/mol. The molecule has 1 heterocycles. The summed E-state index contributed by atoms with van der Waals surface area (Å²) in [6.07, 6.45) is 4.01. The fourth-order valence-electron chi connectivity index (χ4n) is 3.67. The summed E-state index contributed by atoms with van der Waals surface area (Å²) in [5, 5.41) is 6.98. The highest BCUT2D eigenvalue weighted by Gasteiger charge is 2.38. The maximum absolute atomic E-state index is 5.98. The van der Waals surface area contributed by atoms with Crippen molar-refractivity contribution < 1.29 is 4.74 Å². The molecule has 138 valence electrons. The van der Waals surface area contributed by atoms with Gasteiger partial charge in [0.1, 0.15) is 11.9 Å². The fraction of sp³-hybridized carbons (Fsp3) is 0.650. The molecule has 25 heavy (non-hydrogen) atoms. The maximum Gasteiger partial charge on any atom is 0.191 e. The van der Waals surface area contributed by atoms with Crippen LogP contribution >= 0.6 is 0 Å². The highest BCUT2D eigenvalue weighted by atomic mass is 16.5. The molecule has 1 saturated carbocycles. The molecule has 1 aromatic rings. The van der Waals surface area contributed by atoms with E-state index in [1.165, 1.54) is 24.8 Å². The standard InChI is InChI=1S/C20H32N4O/c1-14-6-5-7-19(10-14)25-16(3)12-22-20(21-4)23-17-11-15(2)24(13-17)18-8-9-18/h5-7,10,15-18H,8-9,11-13H2,1-4H3,(H2,21,22,23). The molecule has 3 rings (SSSR count). The van der Waals surface area contributed by atoms with Crippen molar-refractivity contribution in [3.63, 3.8) is 0 Å². The number of nitrogens with zero attached hydrogens (tertiary/aromatic N) is 2. The molecule has 0 spiro atoms. The van der Waals surface area contributed by atoms with E-state index in [9.17, 15) is 0 Å². The first-order valence-electron chi connectivity index (χ1n) is 9.51. The first-order chi connectivity index (χ1) is 12.0. The first kappa shape index (κ1) is 18.1. The number of hydrogen-bond acceptors (Lipinski definition) is 3. The van der Waals surface area contributed by atoms with Gasteiger partial charge >= 0.3 is 0 Å². The fourth-order valence-corrected chi connectivity index (χ4v) is 3.67. The molecule has 2 fully saturated rings. The molecule has 5 nitrogen and oxygen atoms in total. The van der Waals surface area contributed by atoms with Crippen LogP contribution in [0.2, 0.25) is 0 Å². The Morgan fingerprint density at radius 1 is 1.40 bits per heavy atom. The van der Waals surface area contributed by atoms with Gasteiger partial charge in [0.25, 0.3) is 0 Å². The molecule has 0 bridgehead atoms. The molecule has 0 aromatic heterocycles. The van der Waals surface area contributed by atoms with E-state index in [1.54, 1.807) is 0 Å². The van der Waals surface area contributed by atoms with Gasteiger partial charge in [0.2, 0.25) is 0 Å². The van der Waals surface area contributed by atoms with Crippen LogP contribution in [0, 0.1) is 6.92 Å². The van der Waals surface area contributed by atoms with Gasteiger partial charge in [-0.2, -0.15) is 0 Å². The first-order valence-corrected chi connectivity index (χ1v) is 9.51. The van der Waals surface area contributed by atoms with Crippen molar-refractivity contribution in [3.05, 3.63) is 29.8 Å². The highest BCUT2D eigenvalue weighted by Crippen LogP contribution is 2.33. The van der Waals surface area contributed by atoms with Crippen molar-refractivity contribution in [1.82, 2.24) is 15.5 Å². The number of rotatable bonds is 6. The Balaban J connectivity index is 1.43. The Hall–Kier alpha value is -1.75. The highest BCUT2D eigenvalue weighted by molar-refractivity contribution is 5.80. The summed E-state index contributed by atoms with van der Waals surface area (Å²) in [4.78, 5) is 7.02. The Morgan fingerprint density at radius 3 is 2.88 bits per heavy atom. The lowest BCUT2D eigenvalue weighted by Gasteiger charge is -2.21. The number of ether oxygens (including phenoxy) is 1. The molecule has 0 amide bonds. The normalized spacial score (nSPS) is 25.7. The van der Waals surface area contributed by atoms with Crippen molar-refractivity contribution in [2.75, 3.05) is 20.1 Å². The van der Waals surface area contributed by atoms with Crippen LogP contribution in [-0.2, 0) is 0 Å². The third-order valence-corrected chi connectivity index (χ3v) is 5.09. The summed E-state index contributed by atoms with van der Waals surface area (Å²) in [5.74, 6) is 1.79. The van der Waals surface area contributed by atoms with E-state index in [0.29, 0.717) is 12.1 Å². The van der Waals surface area contributed by atoms with E-state index in [-0.39, 0.29) is 6.10 Å².